The number of rotatable bonds is 2. The Bertz CT molecular complexity index is 763. The Morgan fingerprint density at radius 3 is 2.79 bits per heavy atom. The van der Waals surface area contributed by atoms with Gasteiger partial charge in [-0.25, -0.2) is 0 Å². The van der Waals surface area contributed by atoms with Gasteiger partial charge < -0.3 is 4.98 Å². The van der Waals surface area contributed by atoms with E-state index in [0.29, 0.717) is 10.6 Å². The lowest BCUT2D eigenvalue weighted by molar-refractivity contribution is 0.112. The molecule has 4 heteroatoms. The number of hydrogen-bond donors (Lipinski definition) is 1. The number of aldehydes is 1. The number of carbonyl (C=O) groups is 1. The first kappa shape index (κ1) is 11.9. The van der Waals surface area contributed by atoms with Crippen LogP contribution in [0.4, 0.5) is 0 Å². The summed E-state index contributed by atoms with van der Waals surface area (Å²) in [7, 11) is 0. The molecule has 1 N–H and O–H groups in total. The van der Waals surface area contributed by atoms with Crippen molar-refractivity contribution in [3.05, 3.63) is 52.7 Å². The third-order valence-electron chi connectivity index (χ3n) is 3.25. The molecule has 2 aromatic heterocycles. The van der Waals surface area contributed by atoms with E-state index >= 15 is 0 Å². The van der Waals surface area contributed by atoms with Gasteiger partial charge in [0.15, 0.2) is 6.29 Å². The molecule has 0 atom stereocenters. The molecule has 0 spiro atoms. The number of aromatic nitrogens is 2. The van der Waals surface area contributed by atoms with Crippen molar-refractivity contribution < 1.29 is 4.79 Å². The first-order chi connectivity index (χ1) is 9.22. The highest BCUT2D eigenvalue weighted by Crippen LogP contribution is 2.32. The smallest absolute Gasteiger partial charge is 0.152 e. The van der Waals surface area contributed by atoms with Crippen molar-refractivity contribution in [2.45, 2.75) is 6.92 Å². The number of pyridine rings is 1. The van der Waals surface area contributed by atoms with Crippen LogP contribution in [0.5, 0.6) is 0 Å². The largest absolute Gasteiger partial charge is 0.352 e. The normalized spacial score (nSPS) is 10.8. The summed E-state index contributed by atoms with van der Waals surface area (Å²) in [6.07, 6.45) is 2.56. The van der Waals surface area contributed by atoms with E-state index in [4.69, 9.17) is 11.6 Å². The van der Waals surface area contributed by atoms with E-state index in [2.05, 4.69) is 9.97 Å². The van der Waals surface area contributed by atoms with Gasteiger partial charge in [0.1, 0.15) is 0 Å². The molecule has 0 aliphatic heterocycles. The van der Waals surface area contributed by atoms with E-state index in [9.17, 15) is 4.79 Å². The summed E-state index contributed by atoms with van der Waals surface area (Å²) in [5.41, 5.74) is 3.92. The molecule has 3 aromatic rings. The molecule has 0 aliphatic rings. The summed E-state index contributed by atoms with van der Waals surface area (Å²) in [4.78, 5) is 18.9. The minimum atomic E-state index is 0.619. The van der Waals surface area contributed by atoms with Gasteiger partial charge in [0.2, 0.25) is 0 Å². The minimum Gasteiger partial charge on any atom is -0.352 e. The van der Waals surface area contributed by atoms with Gasteiger partial charge in [-0.2, -0.15) is 0 Å². The number of nitrogens with one attached hydrogen (secondary N) is 1. The maximum Gasteiger partial charge on any atom is 0.152 e. The van der Waals surface area contributed by atoms with Crippen molar-refractivity contribution >= 4 is 28.8 Å². The molecule has 3 nitrogen and oxygen atoms in total. The lowest BCUT2D eigenvalue weighted by Gasteiger charge is -1.98. The van der Waals surface area contributed by atoms with E-state index in [1.807, 2.05) is 37.3 Å². The lowest BCUT2D eigenvalue weighted by Crippen LogP contribution is -1.86. The van der Waals surface area contributed by atoms with Gasteiger partial charge in [0.05, 0.1) is 16.9 Å². The van der Waals surface area contributed by atoms with Crippen LogP contribution in [0.1, 0.15) is 15.9 Å². The summed E-state index contributed by atoms with van der Waals surface area (Å²) in [6.45, 7) is 1.93. The Labute approximate surface area is 115 Å². The Hall–Kier alpha value is -2.13. The predicted octanol–water partition coefficient (Wildman–Crippen LogP) is 4.00. The highest BCUT2D eigenvalue weighted by Gasteiger charge is 2.15. The molecule has 19 heavy (non-hydrogen) atoms. The van der Waals surface area contributed by atoms with Crippen molar-refractivity contribution in [1.82, 2.24) is 9.97 Å². The third kappa shape index (κ3) is 1.83. The van der Waals surface area contributed by atoms with Crippen molar-refractivity contribution in [1.29, 1.82) is 0 Å². The van der Waals surface area contributed by atoms with E-state index < -0.39 is 0 Å². The van der Waals surface area contributed by atoms with Gasteiger partial charge in [-0.1, -0.05) is 23.7 Å². The van der Waals surface area contributed by atoms with Gasteiger partial charge in [-0.15, -0.1) is 0 Å². The zero-order chi connectivity index (χ0) is 13.4. The molecule has 0 fully saturated rings. The average molecular weight is 271 g/mol. The predicted molar refractivity (Wildman–Crippen MR) is 76.7 cm³/mol. The van der Waals surface area contributed by atoms with E-state index in [1.54, 1.807) is 6.20 Å². The van der Waals surface area contributed by atoms with Gasteiger partial charge in [0, 0.05) is 22.2 Å². The van der Waals surface area contributed by atoms with Crippen LogP contribution in [-0.4, -0.2) is 16.3 Å². The monoisotopic (exact) mass is 270 g/mol. The standard InChI is InChI=1S/C15H11ClN2O/c1-9-12(16)6-5-10-11(8-19)15(18-14(9)10)13-4-2-3-7-17-13/h2-8,18H,1H3. The number of fused-ring (bicyclic) bond motifs is 1. The Balaban J connectivity index is 2.38. The van der Waals surface area contributed by atoms with Gasteiger partial charge >= 0.3 is 0 Å². The summed E-state index contributed by atoms with van der Waals surface area (Å²) in [5.74, 6) is 0. The van der Waals surface area contributed by atoms with Crippen LogP contribution in [0.15, 0.2) is 36.5 Å². The molecule has 0 radical (unpaired) electrons. The van der Waals surface area contributed by atoms with E-state index in [0.717, 1.165) is 34.1 Å². The van der Waals surface area contributed by atoms with Gasteiger partial charge in [-0.3, -0.25) is 9.78 Å². The second kappa shape index (κ2) is 4.52. The third-order valence-corrected chi connectivity index (χ3v) is 3.66. The molecule has 0 aliphatic carbocycles. The maximum atomic E-state index is 11.4. The number of aromatic amines is 1. The fraction of sp³-hybridized carbons (Fsp3) is 0.0667. The Morgan fingerprint density at radius 1 is 1.26 bits per heavy atom. The summed E-state index contributed by atoms with van der Waals surface area (Å²) in [5, 5.41) is 1.55. The number of carbonyl (C=O) groups excluding carboxylic acids is 1. The van der Waals surface area contributed by atoms with E-state index in [1.165, 1.54) is 0 Å². The Kier molecular flexibility index (Phi) is 2.84. The molecular formula is C15H11ClN2O. The van der Waals surface area contributed by atoms with Crippen LogP contribution in [-0.2, 0) is 0 Å². The first-order valence-corrected chi connectivity index (χ1v) is 6.27. The summed E-state index contributed by atoms with van der Waals surface area (Å²) >= 11 is 6.11. The topological polar surface area (TPSA) is 45.8 Å². The molecule has 3 rings (SSSR count). The summed E-state index contributed by atoms with van der Waals surface area (Å²) in [6, 6.07) is 9.27. The van der Waals surface area contributed by atoms with Crippen LogP contribution >= 0.6 is 11.6 Å². The zero-order valence-corrected chi connectivity index (χ0v) is 11.0. The number of aryl methyl sites for hydroxylation is 1. The van der Waals surface area contributed by atoms with Crippen molar-refractivity contribution in [3.8, 4) is 11.4 Å². The summed E-state index contributed by atoms with van der Waals surface area (Å²) < 4.78 is 0. The van der Waals surface area contributed by atoms with Gasteiger partial charge in [-0.05, 0) is 30.7 Å². The lowest BCUT2D eigenvalue weighted by atomic mass is 10.1. The van der Waals surface area contributed by atoms with Crippen LogP contribution in [0.2, 0.25) is 5.02 Å². The fourth-order valence-electron chi connectivity index (χ4n) is 2.23. The maximum absolute atomic E-state index is 11.4. The number of halogens is 1. The van der Waals surface area contributed by atoms with Crippen LogP contribution in [0.3, 0.4) is 0 Å². The number of H-pyrrole nitrogens is 1. The van der Waals surface area contributed by atoms with Crippen LogP contribution in [0.25, 0.3) is 22.3 Å². The Morgan fingerprint density at radius 2 is 2.11 bits per heavy atom. The fourth-order valence-corrected chi connectivity index (χ4v) is 2.39. The number of hydrogen-bond acceptors (Lipinski definition) is 2. The SMILES string of the molecule is Cc1c(Cl)ccc2c(C=O)c(-c3ccccn3)[nH]c12. The van der Waals surface area contributed by atoms with Crippen molar-refractivity contribution in [2.75, 3.05) is 0 Å². The molecule has 0 saturated carbocycles. The molecule has 0 bridgehead atoms. The molecule has 94 valence electrons. The molecule has 0 unspecified atom stereocenters. The highest BCUT2D eigenvalue weighted by atomic mass is 35.5. The zero-order valence-electron chi connectivity index (χ0n) is 10.3. The first-order valence-electron chi connectivity index (χ1n) is 5.89. The van der Waals surface area contributed by atoms with Crippen LogP contribution in [0, 0.1) is 6.92 Å². The van der Waals surface area contributed by atoms with Crippen LogP contribution < -0.4 is 0 Å². The molecule has 1 aromatic carbocycles. The second-order valence-corrected chi connectivity index (χ2v) is 4.75. The highest BCUT2D eigenvalue weighted by molar-refractivity contribution is 6.32. The molecular weight excluding hydrogens is 260 g/mol. The number of nitrogens with zero attached hydrogens (tertiary/aromatic N) is 1. The second-order valence-electron chi connectivity index (χ2n) is 4.34. The molecule has 0 saturated heterocycles. The quantitative estimate of drug-likeness (QED) is 0.715. The molecule has 0 amide bonds. The minimum absolute atomic E-state index is 0.619. The van der Waals surface area contributed by atoms with E-state index in [-0.39, 0.29) is 0 Å². The van der Waals surface area contributed by atoms with Gasteiger partial charge in [0.25, 0.3) is 0 Å². The number of benzene rings is 1. The average Bonchev–Trinajstić information content (AvgIpc) is 2.83. The van der Waals surface area contributed by atoms with Crippen molar-refractivity contribution in [2.24, 2.45) is 0 Å². The van der Waals surface area contributed by atoms with Crippen molar-refractivity contribution in [3.63, 3.8) is 0 Å². The molecule has 2 heterocycles.